The largest absolute Gasteiger partial charge is 0.489 e. The van der Waals surface area contributed by atoms with Gasteiger partial charge in [0.25, 0.3) is 5.91 Å². The average molecular weight is 288 g/mol. The summed E-state index contributed by atoms with van der Waals surface area (Å²) in [6.07, 6.45) is 1.46. The fourth-order valence-corrected chi connectivity index (χ4v) is 2.25. The first-order chi connectivity index (χ1) is 10.1. The summed E-state index contributed by atoms with van der Waals surface area (Å²) < 4.78 is 10.4. The van der Waals surface area contributed by atoms with Crippen LogP contribution in [-0.4, -0.2) is 35.3 Å². The van der Waals surface area contributed by atoms with Crippen molar-refractivity contribution < 1.29 is 24.0 Å². The molecule has 0 saturated heterocycles. The molecule has 0 unspecified atom stereocenters. The number of aromatic nitrogens is 1. The number of aryl methyl sites for hydroxylation is 1. The number of carbonyl (C=O) groups excluding carboxylic acids is 1. The van der Waals surface area contributed by atoms with E-state index in [2.05, 4.69) is 5.16 Å². The van der Waals surface area contributed by atoms with E-state index in [4.69, 9.17) is 9.26 Å². The third kappa shape index (κ3) is 2.12. The van der Waals surface area contributed by atoms with Crippen LogP contribution in [0.5, 0.6) is 5.75 Å². The second-order valence-corrected chi connectivity index (χ2v) is 4.60. The van der Waals surface area contributed by atoms with Gasteiger partial charge in [0, 0.05) is 5.56 Å². The number of fused-ring (bicyclic) bond motifs is 1. The van der Waals surface area contributed by atoms with Crippen molar-refractivity contribution in [2.24, 2.45) is 0 Å². The zero-order valence-corrected chi connectivity index (χ0v) is 11.2. The highest BCUT2D eigenvalue weighted by Crippen LogP contribution is 2.35. The van der Waals surface area contributed by atoms with E-state index in [1.54, 1.807) is 19.1 Å². The molecule has 2 heterocycles. The van der Waals surface area contributed by atoms with E-state index in [-0.39, 0.29) is 29.6 Å². The van der Waals surface area contributed by atoms with E-state index in [1.165, 1.54) is 17.2 Å². The van der Waals surface area contributed by atoms with Gasteiger partial charge in [-0.05, 0) is 19.1 Å². The predicted octanol–water partition coefficient (Wildman–Crippen LogP) is 1.72. The van der Waals surface area contributed by atoms with Gasteiger partial charge >= 0.3 is 5.97 Å². The minimum atomic E-state index is -1.10. The van der Waals surface area contributed by atoms with Crippen LogP contribution in [0.25, 0.3) is 0 Å². The van der Waals surface area contributed by atoms with Gasteiger partial charge in [0.05, 0.1) is 18.4 Å². The van der Waals surface area contributed by atoms with Gasteiger partial charge in [-0.25, -0.2) is 4.79 Å². The molecule has 1 aliphatic rings. The lowest BCUT2D eigenvalue weighted by Crippen LogP contribution is -2.38. The van der Waals surface area contributed by atoms with E-state index in [9.17, 15) is 14.7 Å². The molecule has 1 N–H and O–H groups in total. The van der Waals surface area contributed by atoms with Crippen molar-refractivity contribution in [2.75, 3.05) is 18.1 Å². The number of amides is 1. The van der Waals surface area contributed by atoms with Gasteiger partial charge < -0.3 is 14.4 Å². The fraction of sp³-hybridized carbons (Fsp3) is 0.214. The third-order valence-corrected chi connectivity index (χ3v) is 3.26. The predicted molar refractivity (Wildman–Crippen MR) is 71.8 cm³/mol. The maximum atomic E-state index is 12.5. The van der Waals surface area contributed by atoms with Gasteiger partial charge in [0.2, 0.25) is 5.76 Å². The minimum absolute atomic E-state index is 0.0271. The quantitative estimate of drug-likeness (QED) is 0.904. The Hall–Kier alpha value is -2.83. The zero-order chi connectivity index (χ0) is 15.0. The summed E-state index contributed by atoms with van der Waals surface area (Å²) in [6.45, 7) is 2.25. The van der Waals surface area contributed by atoms with E-state index in [0.717, 1.165) is 0 Å². The molecule has 21 heavy (non-hydrogen) atoms. The number of carbonyl (C=O) groups is 2. The average Bonchev–Trinajstić information content (AvgIpc) is 2.91. The van der Waals surface area contributed by atoms with Crippen molar-refractivity contribution in [3.05, 3.63) is 41.3 Å². The number of rotatable bonds is 2. The molecule has 3 rings (SSSR count). The second kappa shape index (κ2) is 4.93. The topological polar surface area (TPSA) is 92.9 Å². The Morgan fingerprint density at radius 3 is 2.86 bits per heavy atom. The Morgan fingerprint density at radius 2 is 2.19 bits per heavy atom. The van der Waals surface area contributed by atoms with Crippen molar-refractivity contribution >= 4 is 17.6 Å². The molecule has 0 saturated carbocycles. The minimum Gasteiger partial charge on any atom is -0.489 e. The first kappa shape index (κ1) is 13.2. The van der Waals surface area contributed by atoms with E-state index in [1.807, 2.05) is 0 Å². The maximum Gasteiger partial charge on any atom is 0.339 e. The summed E-state index contributed by atoms with van der Waals surface area (Å²) in [5, 5.41) is 12.8. The van der Waals surface area contributed by atoms with Crippen LogP contribution in [0.1, 0.15) is 26.5 Å². The molecule has 0 spiro atoms. The molecule has 2 aromatic rings. The van der Waals surface area contributed by atoms with E-state index >= 15 is 0 Å². The SMILES string of the molecule is Cc1cnoc1C(=O)N1CCOc2c(C(=O)O)cccc21. The molecule has 1 aliphatic heterocycles. The van der Waals surface area contributed by atoms with E-state index < -0.39 is 5.97 Å². The Bertz CT molecular complexity index is 722. The summed E-state index contributed by atoms with van der Waals surface area (Å²) in [5.74, 6) is -1.13. The molecular weight excluding hydrogens is 276 g/mol. The van der Waals surface area contributed by atoms with Gasteiger partial charge in [-0.3, -0.25) is 9.69 Å². The molecule has 1 amide bonds. The number of carboxylic acids is 1. The van der Waals surface area contributed by atoms with Crippen LogP contribution in [0, 0.1) is 6.92 Å². The summed E-state index contributed by atoms with van der Waals surface area (Å²) in [4.78, 5) is 25.2. The first-order valence-electron chi connectivity index (χ1n) is 6.32. The van der Waals surface area contributed by atoms with Crippen molar-refractivity contribution in [1.29, 1.82) is 0 Å². The molecule has 7 nitrogen and oxygen atoms in total. The summed E-state index contributed by atoms with van der Waals surface area (Å²) in [5.41, 5.74) is 1.07. The van der Waals surface area contributed by atoms with Crippen LogP contribution in [0.15, 0.2) is 28.9 Å². The molecule has 1 aromatic heterocycles. The lowest BCUT2D eigenvalue weighted by Gasteiger charge is -2.29. The van der Waals surface area contributed by atoms with E-state index in [0.29, 0.717) is 17.8 Å². The summed E-state index contributed by atoms with van der Waals surface area (Å²) in [6, 6.07) is 4.66. The third-order valence-electron chi connectivity index (χ3n) is 3.26. The molecule has 0 bridgehead atoms. The van der Waals surface area contributed by atoms with Crippen LogP contribution < -0.4 is 9.64 Å². The number of ether oxygens (including phenoxy) is 1. The zero-order valence-electron chi connectivity index (χ0n) is 11.2. The van der Waals surface area contributed by atoms with Crippen molar-refractivity contribution in [3.63, 3.8) is 0 Å². The van der Waals surface area contributed by atoms with Crippen LogP contribution in [0.3, 0.4) is 0 Å². The first-order valence-corrected chi connectivity index (χ1v) is 6.32. The molecule has 0 aliphatic carbocycles. The number of hydrogen-bond donors (Lipinski definition) is 1. The Morgan fingerprint density at radius 1 is 1.38 bits per heavy atom. The lowest BCUT2D eigenvalue weighted by atomic mass is 10.1. The summed E-state index contributed by atoms with van der Waals surface area (Å²) in [7, 11) is 0. The molecule has 0 fully saturated rings. The monoisotopic (exact) mass is 288 g/mol. The van der Waals surface area contributed by atoms with Gasteiger partial charge in [-0.1, -0.05) is 11.2 Å². The normalized spacial score (nSPS) is 13.5. The molecule has 1 aromatic carbocycles. The second-order valence-electron chi connectivity index (χ2n) is 4.60. The Labute approximate surface area is 119 Å². The summed E-state index contributed by atoms with van der Waals surface area (Å²) >= 11 is 0. The smallest absolute Gasteiger partial charge is 0.339 e. The van der Waals surface area contributed by atoms with Crippen LogP contribution in [0.4, 0.5) is 5.69 Å². The lowest BCUT2D eigenvalue weighted by molar-refractivity contribution is 0.0690. The number of aromatic carboxylic acids is 1. The van der Waals surface area contributed by atoms with Crippen LogP contribution in [0.2, 0.25) is 0 Å². The van der Waals surface area contributed by atoms with Gasteiger partial charge in [-0.2, -0.15) is 0 Å². The standard InChI is InChI=1S/C14H12N2O5/c1-8-7-15-21-11(8)13(17)16-5-6-20-12-9(14(18)19)3-2-4-10(12)16/h2-4,7H,5-6H2,1H3,(H,18,19). The van der Waals surface area contributed by atoms with Crippen LogP contribution >= 0.6 is 0 Å². The van der Waals surface area contributed by atoms with Gasteiger partial charge in [-0.15, -0.1) is 0 Å². The molecule has 7 heteroatoms. The number of benzene rings is 1. The van der Waals surface area contributed by atoms with Gasteiger partial charge in [0.15, 0.2) is 5.75 Å². The number of anilines is 1. The number of hydrogen-bond acceptors (Lipinski definition) is 5. The van der Waals surface area contributed by atoms with Crippen molar-refractivity contribution in [2.45, 2.75) is 6.92 Å². The fourth-order valence-electron chi connectivity index (χ4n) is 2.25. The highest BCUT2D eigenvalue weighted by molar-refractivity contribution is 6.07. The molecule has 0 atom stereocenters. The van der Waals surface area contributed by atoms with Crippen molar-refractivity contribution in [1.82, 2.24) is 5.16 Å². The van der Waals surface area contributed by atoms with Crippen molar-refractivity contribution in [3.8, 4) is 5.75 Å². The Kier molecular flexibility index (Phi) is 3.09. The molecule has 0 radical (unpaired) electrons. The maximum absolute atomic E-state index is 12.5. The van der Waals surface area contributed by atoms with Crippen LogP contribution in [-0.2, 0) is 0 Å². The highest BCUT2D eigenvalue weighted by Gasteiger charge is 2.30. The molecule has 108 valence electrons. The number of nitrogens with zero attached hydrogens (tertiary/aromatic N) is 2. The molecular formula is C14H12N2O5. The Balaban J connectivity index is 2.05. The highest BCUT2D eigenvalue weighted by atomic mass is 16.5. The number of para-hydroxylation sites is 1. The van der Waals surface area contributed by atoms with Gasteiger partial charge in [0.1, 0.15) is 12.2 Å². The number of carboxylic acid groups (broad SMARTS) is 1.